The van der Waals surface area contributed by atoms with E-state index >= 15 is 0 Å². The van der Waals surface area contributed by atoms with Crippen LogP contribution >= 0.6 is 0 Å². The third kappa shape index (κ3) is 2.21. The number of nitrogens with two attached hydrogens (primary N) is 1. The summed E-state index contributed by atoms with van der Waals surface area (Å²) in [5.74, 6) is 0.528. The van der Waals surface area contributed by atoms with E-state index < -0.39 is 0 Å². The normalized spacial score (nSPS) is 9.69. The van der Waals surface area contributed by atoms with Gasteiger partial charge < -0.3 is 10.5 Å². The number of anilines is 1. The molecule has 3 heteroatoms. The third-order valence-corrected chi connectivity index (χ3v) is 1.64. The summed E-state index contributed by atoms with van der Waals surface area (Å²) in [6.07, 6.45) is 1.75. The summed E-state index contributed by atoms with van der Waals surface area (Å²) < 4.78 is 5.21. The predicted octanol–water partition coefficient (Wildman–Crippen LogP) is 1.98. The lowest BCUT2D eigenvalue weighted by molar-refractivity contribution is 0.298. The lowest BCUT2D eigenvalue weighted by atomic mass is 10.2. The first-order valence-electron chi connectivity index (χ1n) is 4.19. The second-order valence-electron chi connectivity index (χ2n) is 2.81. The molecule has 0 fully saturated rings. The van der Waals surface area contributed by atoms with Crippen LogP contribution in [0.1, 0.15) is 18.2 Å². The fraction of sp³-hybridized carbons (Fsp3) is 0.300. The molecule has 0 atom stereocenters. The van der Waals surface area contributed by atoms with Crippen molar-refractivity contribution in [2.24, 2.45) is 0 Å². The molecule has 0 aliphatic heterocycles. The number of hydrogen-bond acceptors (Lipinski definition) is 3. The van der Waals surface area contributed by atoms with Crippen molar-refractivity contribution < 1.29 is 4.74 Å². The van der Waals surface area contributed by atoms with Gasteiger partial charge in [-0.2, -0.15) is 0 Å². The molecule has 1 rings (SSSR count). The van der Waals surface area contributed by atoms with Crippen LogP contribution in [-0.4, -0.2) is 11.6 Å². The Balaban J connectivity index is 2.95. The van der Waals surface area contributed by atoms with Gasteiger partial charge >= 0.3 is 0 Å². The van der Waals surface area contributed by atoms with Crippen LogP contribution in [0.4, 0.5) is 5.69 Å². The predicted molar refractivity (Wildman–Crippen MR) is 54.0 cm³/mol. The Morgan fingerprint density at radius 3 is 2.92 bits per heavy atom. The van der Waals surface area contributed by atoms with E-state index in [-0.39, 0.29) is 0 Å². The van der Waals surface area contributed by atoms with Gasteiger partial charge in [-0.05, 0) is 25.5 Å². The van der Waals surface area contributed by atoms with Gasteiger partial charge in [-0.15, -0.1) is 0 Å². The Morgan fingerprint density at radius 1 is 1.69 bits per heavy atom. The standard InChI is InChI=1S/C10H14N2O/c1-4-13-8(3)10-9(11)5-7(2)6-12-10/h5-6H,3-4,11H2,1-2H3. The maximum absolute atomic E-state index is 5.75. The van der Waals surface area contributed by atoms with E-state index in [1.165, 1.54) is 0 Å². The average Bonchev–Trinajstić information content (AvgIpc) is 2.04. The highest BCUT2D eigenvalue weighted by Crippen LogP contribution is 2.18. The molecule has 0 aliphatic rings. The number of aromatic nitrogens is 1. The quantitative estimate of drug-likeness (QED) is 0.720. The van der Waals surface area contributed by atoms with Crippen molar-refractivity contribution in [3.8, 4) is 0 Å². The summed E-state index contributed by atoms with van der Waals surface area (Å²) >= 11 is 0. The summed E-state index contributed by atoms with van der Waals surface area (Å²) in [6, 6.07) is 1.85. The van der Waals surface area contributed by atoms with Crippen molar-refractivity contribution >= 4 is 11.4 Å². The third-order valence-electron chi connectivity index (χ3n) is 1.64. The van der Waals surface area contributed by atoms with Crippen LogP contribution in [0.3, 0.4) is 0 Å². The SMILES string of the molecule is C=C(OCC)c1ncc(C)cc1N. The molecule has 0 saturated heterocycles. The van der Waals surface area contributed by atoms with E-state index in [2.05, 4.69) is 11.6 Å². The van der Waals surface area contributed by atoms with Crippen LogP contribution in [0.5, 0.6) is 0 Å². The molecule has 3 nitrogen and oxygen atoms in total. The van der Waals surface area contributed by atoms with Crippen LogP contribution in [0.15, 0.2) is 18.8 Å². The summed E-state index contributed by atoms with van der Waals surface area (Å²) in [4.78, 5) is 4.15. The van der Waals surface area contributed by atoms with Gasteiger partial charge in [0.15, 0.2) is 0 Å². The van der Waals surface area contributed by atoms with E-state index in [9.17, 15) is 0 Å². The molecule has 0 aliphatic carbocycles. The van der Waals surface area contributed by atoms with Crippen LogP contribution in [0, 0.1) is 6.92 Å². The molecule has 1 aromatic heterocycles. The highest BCUT2D eigenvalue weighted by atomic mass is 16.5. The van der Waals surface area contributed by atoms with Crippen molar-refractivity contribution in [1.29, 1.82) is 0 Å². The molecule has 2 N–H and O–H groups in total. The second-order valence-corrected chi connectivity index (χ2v) is 2.81. The Labute approximate surface area is 78.2 Å². The topological polar surface area (TPSA) is 48.1 Å². The smallest absolute Gasteiger partial charge is 0.139 e. The lowest BCUT2D eigenvalue weighted by Crippen LogP contribution is -1.99. The number of pyridine rings is 1. The van der Waals surface area contributed by atoms with Gasteiger partial charge in [0.1, 0.15) is 11.5 Å². The average molecular weight is 178 g/mol. The zero-order chi connectivity index (χ0) is 9.84. The first-order valence-corrected chi connectivity index (χ1v) is 4.19. The molecule has 0 bridgehead atoms. The first kappa shape index (κ1) is 9.58. The van der Waals surface area contributed by atoms with Gasteiger partial charge in [0, 0.05) is 6.20 Å². The van der Waals surface area contributed by atoms with Crippen LogP contribution in [-0.2, 0) is 4.74 Å². The van der Waals surface area contributed by atoms with E-state index in [0.717, 1.165) is 5.56 Å². The van der Waals surface area contributed by atoms with Gasteiger partial charge in [0.25, 0.3) is 0 Å². The minimum absolute atomic E-state index is 0.528. The van der Waals surface area contributed by atoms with Gasteiger partial charge in [0.05, 0.1) is 12.3 Å². The maximum Gasteiger partial charge on any atom is 0.139 e. The number of nitrogen functional groups attached to an aromatic ring is 1. The molecule has 1 heterocycles. The van der Waals surface area contributed by atoms with E-state index in [0.29, 0.717) is 23.7 Å². The van der Waals surface area contributed by atoms with Crippen molar-refractivity contribution in [3.05, 3.63) is 30.1 Å². The van der Waals surface area contributed by atoms with Gasteiger partial charge in [-0.25, -0.2) is 0 Å². The van der Waals surface area contributed by atoms with Crippen LogP contribution < -0.4 is 5.73 Å². The van der Waals surface area contributed by atoms with Gasteiger partial charge in [0.2, 0.25) is 0 Å². The highest BCUT2D eigenvalue weighted by Gasteiger charge is 2.05. The molecule has 70 valence electrons. The number of hydrogen-bond donors (Lipinski definition) is 1. The number of rotatable bonds is 3. The minimum atomic E-state index is 0.528. The van der Waals surface area contributed by atoms with E-state index in [1.54, 1.807) is 6.20 Å². The summed E-state index contributed by atoms with van der Waals surface area (Å²) in [7, 11) is 0. The molecular weight excluding hydrogens is 164 g/mol. The Morgan fingerprint density at radius 2 is 2.38 bits per heavy atom. The summed E-state index contributed by atoms with van der Waals surface area (Å²) in [5.41, 5.74) is 8.02. The van der Waals surface area contributed by atoms with Crippen LogP contribution in [0.2, 0.25) is 0 Å². The van der Waals surface area contributed by atoms with Gasteiger partial charge in [-0.1, -0.05) is 6.58 Å². The summed E-state index contributed by atoms with van der Waals surface area (Å²) in [6.45, 7) is 8.16. The lowest BCUT2D eigenvalue weighted by Gasteiger charge is -2.08. The molecular formula is C10H14N2O. The molecule has 0 radical (unpaired) electrons. The highest BCUT2D eigenvalue weighted by molar-refractivity contribution is 5.66. The fourth-order valence-electron chi connectivity index (χ4n) is 1.07. The van der Waals surface area contributed by atoms with Crippen molar-refractivity contribution in [1.82, 2.24) is 4.98 Å². The monoisotopic (exact) mass is 178 g/mol. The Kier molecular flexibility index (Phi) is 2.90. The number of ether oxygens (including phenoxy) is 1. The molecule has 0 amide bonds. The molecule has 0 saturated carbocycles. The maximum atomic E-state index is 5.75. The number of nitrogens with zero attached hydrogens (tertiary/aromatic N) is 1. The Hall–Kier alpha value is -1.51. The first-order chi connectivity index (χ1) is 6.15. The van der Waals surface area contributed by atoms with Crippen molar-refractivity contribution in [3.63, 3.8) is 0 Å². The molecule has 13 heavy (non-hydrogen) atoms. The van der Waals surface area contributed by atoms with E-state index in [1.807, 2.05) is 19.9 Å². The van der Waals surface area contributed by atoms with Gasteiger partial charge in [-0.3, -0.25) is 4.98 Å². The number of aryl methyl sites for hydroxylation is 1. The van der Waals surface area contributed by atoms with Crippen molar-refractivity contribution in [2.75, 3.05) is 12.3 Å². The minimum Gasteiger partial charge on any atom is -0.492 e. The molecule has 1 aromatic rings. The largest absolute Gasteiger partial charge is 0.492 e. The van der Waals surface area contributed by atoms with E-state index in [4.69, 9.17) is 10.5 Å². The summed E-state index contributed by atoms with van der Waals surface area (Å²) in [5, 5.41) is 0. The molecule has 0 aromatic carbocycles. The zero-order valence-electron chi connectivity index (χ0n) is 8.00. The fourth-order valence-corrected chi connectivity index (χ4v) is 1.07. The second kappa shape index (κ2) is 3.94. The zero-order valence-corrected chi connectivity index (χ0v) is 8.00. The Bertz CT molecular complexity index is 321. The molecule has 0 unspecified atom stereocenters. The molecule has 0 spiro atoms. The van der Waals surface area contributed by atoms with Crippen LogP contribution in [0.25, 0.3) is 5.76 Å². The van der Waals surface area contributed by atoms with Crippen molar-refractivity contribution in [2.45, 2.75) is 13.8 Å².